The van der Waals surface area contributed by atoms with E-state index in [4.69, 9.17) is 10.5 Å². The number of hydrogen-bond donors (Lipinski definition) is 3. The lowest BCUT2D eigenvalue weighted by atomic mass is 10.0. The summed E-state index contributed by atoms with van der Waals surface area (Å²) in [5.41, 5.74) is 8.34. The van der Waals surface area contributed by atoms with E-state index in [1.54, 1.807) is 63.4 Å². The molecule has 0 unspecified atom stereocenters. The number of anilines is 2. The first-order chi connectivity index (χ1) is 17.6. The van der Waals surface area contributed by atoms with Gasteiger partial charge in [-0.25, -0.2) is 19.7 Å². The third-order valence-corrected chi connectivity index (χ3v) is 5.43. The van der Waals surface area contributed by atoms with E-state index in [2.05, 4.69) is 32.2 Å². The van der Waals surface area contributed by atoms with E-state index in [1.165, 1.54) is 6.33 Å². The van der Waals surface area contributed by atoms with Crippen LogP contribution in [-0.2, 0) is 11.3 Å². The van der Waals surface area contributed by atoms with Crippen molar-refractivity contribution in [3.05, 3.63) is 79.4 Å². The number of nitrogens with zero attached hydrogens (tertiary/aromatic N) is 4. The van der Waals surface area contributed by atoms with Gasteiger partial charge in [-0.2, -0.15) is 0 Å². The summed E-state index contributed by atoms with van der Waals surface area (Å²) in [5, 5.41) is 6.26. The molecule has 4 rings (SSSR count). The van der Waals surface area contributed by atoms with Crippen molar-refractivity contribution in [2.24, 2.45) is 0 Å². The van der Waals surface area contributed by atoms with E-state index < -0.39 is 17.7 Å². The number of carbonyl (C=O) groups excluding carboxylic acids is 2. The van der Waals surface area contributed by atoms with Crippen molar-refractivity contribution in [2.45, 2.75) is 39.0 Å². The third-order valence-electron chi connectivity index (χ3n) is 5.43. The fourth-order valence-corrected chi connectivity index (χ4v) is 3.78. The minimum Gasteiger partial charge on any atom is -0.444 e. The van der Waals surface area contributed by atoms with Gasteiger partial charge in [0.15, 0.2) is 0 Å². The number of benzene rings is 1. The van der Waals surface area contributed by atoms with Gasteiger partial charge in [0.05, 0.1) is 11.4 Å². The second kappa shape index (κ2) is 10.5. The first kappa shape index (κ1) is 25.4. The topological polar surface area (TPSA) is 137 Å². The lowest BCUT2D eigenvalue weighted by Gasteiger charge is -2.22. The second-order valence-corrected chi connectivity index (χ2v) is 9.39. The summed E-state index contributed by atoms with van der Waals surface area (Å²) < 4.78 is 7.25. The first-order valence-corrected chi connectivity index (χ1v) is 11.7. The van der Waals surface area contributed by atoms with Crippen molar-refractivity contribution in [3.63, 3.8) is 0 Å². The molecule has 0 aliphatic rings. The minimum absolute atomic E-state index is 0.266. The molecule has 1 atom stereocenters. The molecule has 0 radical (unpaired) electrons. The Hall–Kier alpha value is -4.73. The van der Waals surface area contributed by atoms with Crippen LogP contribution in [0, 0.1) is 0 Å². The molecule has 1 aromatic carbocycles. The smallest absolute Gasteiger partial charge is 0.408 e. The van der Waals surface area contributed by atoms with Crippen LogP contribution in [0.15, 0.2) is 73.8 Å². The molecule has 37 heavy (non-hydrogen) atoms. The van der Waals surface area contributed by atoms with E-state index in [-0.39, 0.29) is 5.91 Å². The normalized spacial score (nSPS) is 12.1. The number of hydrogen-bond acceptors (Lipinski definition) is 7. The van der Waals surface area contributed by atoms with Crippen LogP contribution in [0.4, 0.5) is 16.4 Å². The van der Waals surface area contributed by atoms with Gasteiger partial charge in [-0.15, -0.1) is 6.58 Å². The van der Waals surface area contributed by atoms with Gasteiger partial charge in [0.1, 0.15) is 29.2 Å². The molecule has 0 aliphatic heterocycles. The van der Waals surface area contributed by atoms with Gasteiger partial charge in [0.25, 0.3) is 5.91 Å². The number of fused-ring (bicyclic) bond motifs is 1. The quantitative estimate of drug-likeness (QED) is 0.320. The highest BCUT2D eigenvalue weighted by molar-refractivity contribution is 6.05. The molecule has 0 bridgehead atoms. The highest BCUT2D eigenvalue weighted by Gasteiger charge is 2.21. The first-order valence-electron chi connectivity index (χ1n) is 11.7. The Bertz CT molecular complexity index is 1420. The molecule has 3 heterocycles. The predicted octanol–water partition coefficient (Wildman–Crippen LogP) is 4.41. The summed E-state index contributed by atoms with van der Waals surface area (Å²) in [4.78, 5) is 37.6. The van der Waals surface area contributed by atoms with Crippen molar-refractivity contribution in [1.82, 2.24) is 24.8 Å². The Labute approximate surface area is 214 Å². The summed E-state index contributed by atoms with van der Waals surface area (Å²) in [7, 11) is 0. The van der Waals surface area contributed by atoms with Crippen molar-refractivity contribution in [3.8, 4) is 11.1 Å². The summed E-state index contributed by atoms with van der Waals surface area (Å²) in [5.74, 6) is 0.532. The zero-order valence-electron chi connectivity index (χ0n) is 20.9. The maximum absolute atomic E-state index is 12.6. The summed E-state index contributed by atoms with van der Waals surface area (Å²) in [6, 6.07) is 12.0. The van der Waals surface area contributed by atoms with Crippen LogP contribution in [0.5, 0.6) is 0 Å². The van der Waals surface area contributed by atoms with E-state index in [1.807, 2.05) is 22.9 Å². The molecule has 0 aliphatic carbocycles. The highest BCUT2D eigenvalue weighted by Crippen LogP contribution is 2.33. The maximum Gasteiger partial charge on any atom is 0.408 e. The monoisotopic (exact) mass is 499 g/mol. The predicted molar refractivity (Wildman–Crippen MR) is 143 cm³/mol. The lowest BCUT2D eigenvalue weighted by Crippen LogP contribution is -2.40. The lowest BCUT2D eigenvalue weighted by molar-refractivity contribution is 0.0511. The van der Waals surface area contributed by atoms with Crippen molar-refractivity contribution in [1.29, 1.82) is 0 Å². The van der Waals surface area contributed by atoms with E-state index in [0.29, 0.717) is 34.8 Å². The van der Waals surface area contributed by atoms with Gasteiger partial charge in [0, 0.05) is 30.1 Å². The minimum atomic E-state index is -0.620. The Morgan fingerprint density at radius 1 is 1.14 bits per heavy atom. The zero-order valence-corrected chi connectivity index (χ0v) is 20.9. The molecule has 10 nitrogen and oxygen atoms in total. The number of pyridine rings is 1. The van der Waals surface area contributed by atoms with Crippen LogP contribution in [0.2, 0.25) is 0 Å². The molecule has 0 spiro atoms. The van der Waals surface area contributed by atoms with Gasteiger partial charge in [-0.05, 0) is 50.6 Å². The number of carbonyl (C=O) groups is 2. The van der Waals surface area contributed by atoms with Gasteiger partial charge in [-0.1, -0.05) is 24.3 Å². The van der Waals surface area contributed by atoms with Gasteiger partial charge >= 0.3 is 6.09 Å². The summed E-state index contributed by atoms with van der Waals surface area (Å²) in [6.45, 7) is 9.59. The molecule has 2 amide bonds. The van der Waals surface area contributed by atoms with Gasteiger partial charge in [-0.3, -0.25) is 4.79 Å². The van der Waals surface area contributed by atoms with E-state index in [0.717, 1.165) is 11.1 Å². The molecule has 0 fully saturated rings. The molecule has 3 aromatic heterocycles. The fraction of sp³-hybridized carbons (Fsp3) is 0.222. The maximum atomic E-state index is 12.6. The largest absolute Gasteiger partial charge is 0.444 e. The Balaban J connectivity index is 1.60. The highest BCUT2D eigenvalue weighted by atomic mass is 16.6. The number of nitrogens with one attached hydrogen (secondary N) is 2. The SMILES string of the molecule is C=C[C@@H](Cn1cc(-c2ccc(C(=O)Nc3ccccn3)cc2)c2c(N)ncnc21)NC(=O)OC(C)(C)C. The van der Waals surface area contributed by atoms with Crippen LogP contribution in [0.1, 0.15) is 31.1 Å². The Kier molecular flexibility index (Phi) is 7.19. The van der Waals surface area contributed by atoms with Crippen LogP contribution in [0.25, 0.3) is 22.2 Å². The van der Waals surface area contributed by atoms with Crippen molar-refractivity contribution in [2.75, 3.05) is 11.1 Å². The average Bonchev–Trinajstić information content (AvgIpc) is 3.22. The number of nitrogens with two attached hydrogens (primary N) is 1. The summed E-state index contributed by atoms with van der Waals surface area (Å²) >= 11 is 0. The van der Waals surface area contributed by atoms with Crippen LogP contribution >= 0.6 is 0 Å². The van der Waals surface area contributed by atoms with Gasteiger partial charge in [0.2, 0.25) is 0 Å². The van der Waals surface area contributed by atoms with Gasteiger partial charge < -0.3 is 25.7 Å². The van der Waals surface area contributed by atoms with E-state index in [9.17, 15) is 9.59 Å². The Morgan fingerprint density at radius 2 is 1.89 bits per heavy atom. The Morgan fingerprint density at radius 3 is 2.54 bits per heavy atom. The standard InChI is InChI=1S/C27H29N7O3/c1-5-19(32-26(36)37-27(2,3)4)14-34-15-20(22-23(28)30-16-31-24(22)34)17-9-11-18(12-10-17)25(35)33-21-8-6-7-13-29-21/h5-13,15-16,19H,1,14H2,2-4H3,(H,32,36)(H2,28,30,31)(H,29,33,35)/t19-/m0/s1. The molecule has 4 aromatic rings. The molecular formula is C27H29N7O3. The van der Waals surface area contributed by atoms with Crippen LogP contribution < -0.4 is 16.4 Å². The number of amides is 2. The van der Waals surface area contributed by atoms with Crippen LogP contribution in [-0.4, -0.2) is 43.2 Å². The second-order valence-electron chi connectivity index (χ2n) is 9.39. The molecule has 10 heteroatoms. The van der Waals surface area contributed by atoms with Crippen LogP contribution in [0.3, 0.4) is 0 Å². The molecular weight excluding hydrogens is 470 g/mol. The van der Waals surface area contributed by atoms with Crippen molar-refractivity contribution >= 4 is 34.7 Å². The molecule has 0 saturated carbocycles. The average molecular weight is 500 g/mol. The molecule has 190 valence electrons. The number of aromatic nitrogens is 4. The molecule has 0 saturated heterocycles. The zero-order chi connectivity index (χ0) is 26.6. The fourth-order valence-electron chi connectivity index (χ4n) is 3.78. The molecule has 4 N–H and O–H groups in total. The number of nitrogen functional groups attached to an aromatic ring is 1. The van der Waals surface area contributed by atoms with Crippen molar-refractivity contribution < 1.29 is 14.3 Å². The third kappa shape index (κ3) is 6.10. The summed E-state index contributed by atoms with van der Waals surface area (Å²) in [6.07, 6.45) is 6.00. The number of alkyl carbamates (subject to hydrolysis) is 1. The number of rotatable bonds is 7. The van der Waals surface area contributed by atoms with E-state index >= 15 is 0 Å². The number of ether oxygens (including phenoxy) is 1.